The molecule has 0 aromatic heterocycles. The molecule has 1 rings (SSSR count). The Bertz CT molecular complexity index is 491. The van der Waals surface area contributed by atoms with Crippen molar-refractivity contribution in [2.24, 2.45) is 0 Å². The first kappa shape index (κ1) is 14.4. The van der Waals surface area contributed by atoms with Gasteiger partial charge in [0.25, 0.3) is 0 Å². The zero-order valence-corrected chi connectivity index (χ0v) is 11.7. The molecular weight excluding hydrogens is 250 g/mol. The van der Waals surface area contributed by atoms with Crippen LogP contribution in [0.1, 0.15) is 13.8 Å². The second-order valence-electron chi connectivity index (χ2n) is 4.12. The molecule has 2 N–H and O–H groups in total. The first-order valence-electron chi connectivity index (χ1n) is 5.42. The Balaban J connectivity index is 3.19. The van der Waals surface area contributed by atoms with E-state index in [0.717, 1.165) is 10.6 Å². The van der Waals surface area contributed by atoms with Gasteiger partial charge in [0.1, 0.15) is 11.5 Å². The lowest BCUT2D eigenvalue weighted by Gasteiger charge is -2.17. The predicted octanol–water partition coefficient (Wildman–Crippen LogP) is 2.93. The fourth-order valence-electron chi connectivity index (χ4n) is 1.45. The summed E-state index contributed by atoms with van der Waals surface area (Å²) in [7, 11) is 3.70. The van der Waals surface area contributed by atoms with E-state index in [0.29, 0.717) is 4.91 Å². The van der Waals surface area contributed by atoms with Crippen LogP contribution in [0.2, 0.25) is 0 Å². The molecule has 0 amide bonds. The molecule has 0 spiro atoms. The Kier molecular flexibility index (Phi) is 4.67. The van der Waals surface area contributed by atoms with Crippen LogP contribution in [0.5, 0.6) is 5.75 Å². The summed E-state index contributed by atoms with van der Waals surface area (Å²) < 4.78 is 0. The van der Waals surface area contributed by atoms with Crippen molar-refractivity contribution in [1.82, 2.24) is 0 Å². The molecule has 0 saturated heterocycles. The lowest BCUT2D eigenvalue weighted by molar-refractivity contribution is -0.113. The number of aliphatic hydroxyl groups is 1. The van der Waals surface area contributed by atoms with Crippen LogP contribution in [0.25, 0.3) is 0 Å². The average Bonchev–Trinajstić information content (AvgIpc) is 2.25. The Hall–Kier alpha value is -1.62. The largest absolute Gasteiger partial charge is 0.511 e. The number of aliphatic hydroxyl groups excluding tert-OH is 1. The van der Waals surface area contributed by atoms with Crippen molar-refractivity contribution in [3.8, 4) is 5.75 Å². The number of thioether (sulfide) groups is 1. The third-order valence-corrected chi connectivity index (χ3v) is 3.64. The third kappa shape index (κ3) is 3.43. The fourth-order valence-corrected chi connectivity index (χ4v) is 2.45. The maximum atomic E-state index is 11.4. The Labute approximate surface area is 111 Å². The minimum absolute atomic E-state index is 0.00489. The van der Waals surface area contributed by atoms with E-state index in [9.17, 15) is 15.0 Å². The molecule has 0 aliphatic heterocycles. The number of allylic oxidation sites excluding steroid dienone is 2. The van der Waals surface area contributed by atoms with Crippen LogP contribution >= 0.6 is 11.8 Å². The second kappa shape index (κ2) is 5.82. The molecule has 0 aliphatic carbocycles. The van der Waals surface area contributed by atoms with Crippen molar-refractivity contribution < 1.29 is 15.0 Å². The monoisotopic (exact) mass is 267 g/mol. The number of benzene rings is 1. The number of phenols is 1. The van der Waals surface area contributed by atoms with Crippen molar-refractivity contribution in [3.63, 3.8) is 0 Å². The lowest BCUT2D eigenvalue weighted by Crippen LogP contribution is -2.10. The highest BCUT2D eigenvalue weighted by atomic mass is 32.2. The number of ketones is 1. The molecule has 0 aliphatic rings. The van der Waals surface area contributed by atoms with E-state index >= 15 is 0 Å². The van der Waals surface area contributed by atoms with Gasteiger partial charge in [0, 0.05) is 25.1 Å². The first-order chi connectivity index (χ1) is 8.32. The Morgan fingerprint density at radius 2 is 1.89 bits per heavy atom. The van der Waals surface area contributed by atoms with Crippen LogP contribution in [0.15, 0.2) is 33.8 Å². The maximum absolute atomic E-state index is 11.4. The molecule has 0 unspecified atom stereocenters. The number of phenolic OH excluding ortho intramolecular Hbond substituents is 1. The minimum atomic E-state index is -0.183. The van der Waals surface area contributed by atoms with Crippen molar-refractivity contribution >= 4 is 23.2 Å². The van der Waals surface area contributed by atoms with Gasteiger partial charge in [-0.1, -0.05) is 11.8 Å². The summed E-state index contributed by atoms with van der Waals surface area (Å²) in [6.45, 7) is 2.90. The standard InChI is InChI=1S/C13H17NO3S/c1-8(15)13(9(2)16)18-12-6-5-10(17)7-11(12)14(3)4/h5-7,15,17H,1-4H3/b13-8+. The minimum Gasteiger partial charge on any atom is -0.511 e. The van der Waals surface area contributed by atoms with Crippen LogP contribution in [0.4, 0.5) is 5.69 Å². The lowest BCUT2D eigenvalue weighted by atomic mass is 10.3. The molecule has 4 nitrogen and oxygen atoms in total. The van der Waals surface area contributed by atoms with Crippen LogP contribution < -0.4 is 4.90 Å². The number of rotatable bonds is 4. The van der Waals surface area contributed by atoms with E-state index in [-0.39, 0.29) is 17.3 Å². The zero-order chi connectivity index (χ0) is 13.9. The third-order valence-electron chi connectivity index (χ3n) is 2.28. The zero-order valence-electron chi connectivity index (χ0n) is 10.9. The Morgan fingerprint density at radius 1 is 1.28 bits per heavy atom. The van der Waals surface area contributed by atoms with Crippen molar-refractivity contribution in [2.75, 3.05) is 19.0 Å². The number of hydrogen-bond donors (Lipinski definition) is 2. The second-order valence-corrected chi connectivity index (χ2v) is 5.17. The number of hydrogen-bond acceptors (Lipinski definition) is 5. The molecule has 0 heterocycles. The van der Waals surface area contributed by atoms with Crippen LogP contribution in [0.3, 0.4) is 0 Å². The summed E-state index contributed by atoms with van der Waals surface area (Å²) in [4.78, 5) is 14.4. The van der Waals surface area contributed by atoms with Gasteiger partial charge in [0.15, 0.2) is 5.78 Å². The van der Waals surface area contributed by atoms with E-state index in [4.69, 9.17) is 0 Å². The van der Waals surface area contributed by atoms with Gasteiger partial charge in [-0.15, -0.1) is 0 Å². The number of carbonyl (C=O) groups excluding carboxylic acids is 1. The highest BCUT2D eigenvalue weighted by Gasteiger charge is 2.14. The summed E-state index contributed by atoms with van der Waals surface area (Å²) in [5, 5.41) is 19.0. The van der Waals surface area contributed by atoms with E-state index in [1.807, 2.05) is 19.0 Å². The van der Waals surface area contributed by atoms with Gasteiger partial charge >= 0.3 is 0 Å². The summed E-state index contributed by atoms with van der Waals surface area (Å²) in [6.07, 6.45) is 0. The molecule has 18 heavy (non-hydrogen) atoms. The molecular formula is C13H17NO3S. The highest BCUT2D eigenvalue weighted by molar-refractivity contribution is 8.04. The molecule has 0 fully saturated rings. The van der Waals surface area contributed by atoms with E-state index in [1.54, 1.807) is 18.2 Å². The van der Waals surface area contributed by atoms with Gasteiger partial charge in [0.05, 0.1) is 10.6 Å². The number of carbonyl (C=O) groups is 1. The topological polar surface area (TPSA) is 60.8 Å². The van der Waals surface area contributed by atoms with Crippen molar-refractivity contribution in [3.05, 3.63) is 28.9 Å². The van der Waals surface area contributed by atoms with Crippen LogP contribution in [0, 0.1) is 0 Å². The van der Waals surface area contributed by atoms with Crippen LogP contribution in [-0.4, -0.2) is 30.1 Å². The molecule has 1 aromatic rings. The quantitative estimate of drug-likeness (QED) is 0.499. The van der Waals surface area contributed by atoms with Crippen molar-refractivity contribution in [1.29, 1.82) is 0 Å². The fraction of sp³-hybridized carbons (Fsp3) is 0.308. The molecule has 0 radical (unpaired) electrons. The summed E-state index contributed by atoms with van der Waals surface area (Å²) >= 11 is 1.20. The molecule has 98 valence electrons. The number of anilines is 1. The molecule has 0 atom stereocenters. The average molecular weight is 267 g/mol. The Morgan fingerprint density at radius 3 is 2.33 bits per heavy atom. The summed E-state index contributed by atoms with van der Waals surface area (Å²) in [6, 6.07) is 4.90. The predicted molar refractivity (Wildman–Crippen MR) is 74.3 cm³/mol. The molecule has 5 heteroatoms. The van der Waals surface area contributed by atoms with Crippen LogP contribution in [-0.2, 0) is 4.79 Å². The number of nitrogens with zero attached hydrogens (tertiary/aromatic N) is 1. The van der Waals surface area contributed by atoms with Gasteiger partial charge in [-0.2, -0.15) is 0 Å². The van der Waals surface area contributed by atoms with Gasteiger partial charge in [-0.3, -0.25) is 4.79 Å². The molecule has 0 saturated carbocycles. The van der Waals surface area contributed by atoms with E-state index < -0.39 is 0 Å². The highest BCUT2D eigenvalue weighted by Crippen LogP contribution is 2.37. The maximum Gasteiger partial charge on any atom is 0.169 e. The number of aromatic hydroxyl groups is 1. The summed E-state index contributed by atoms with van der Waals surface area (Å²) in [5.41, 5.74) is 0.792. The summed E-state index contributed by atoms with van der Waals surface area (Å²) in [5.74, 6) is -0.0137. The van der Waals surface area contributed by atoms with Gasteiger partial charge in [-0.05, 0) is 26.0 Å². The SMILES string of the molecule is CC(=O)/C(Sc1ccc(O)cc1N(C)C)=C(/C)O. The van der Waals surface area contributed by atoms with E-state index in [2.05, 4.69) is 0 Å². The first-order valence-corrected chi connectivity index (χ1v) is 6.23. The van der Waals surface area contributed by atoms with Gasteiger partial charge in [-0.25, -0.2) is 0 Å². The van der Waals surface area contributed by atoms with Gasteiger partial charge < -0.3 is 15.1 Å². The van der Waals surface area contributed by atoms with E-state index in [1.165, 1.54) is 25.6 Å². The molecule has 0 bridgehead atoms. The smallest absolute Gasteiger partial charge is 0.169 e. The number of Topliss-reactive ketones (excluding diaryl/α,β-unsaturated/α-hetero) is 1. The van der Waals surface area contributed by atoms with Crippen molar-refractivity contribution in [2.45, 2.75) is 18.7 Å². The normalized spacial score (nSPS) is 12.0. The molecule has 1 aromatic carbocycles. The van der Waals surface area contributed by atoms with Gasteiger partial charge in [0.2, 0.25) is 0 Å².